The largest absolute Gasteiger partial charge is 0.478 e. The lowest BCUT2D eigenvalue weighted by Gasteiger charge is -2.06. The molecule has 5 nitrogen and oxygen atoms in total. The number of hydrogen-bond donors (Lipinski definition) is 2. The summed E-state index contributed by atoms with van der Waals surface area (Å²) in [7, 11) is 0. The lowest BCUT2D eigenvalue weighted by molar-refractivity contribution is 0.0690. The summed E-state index contributed by atoms with van der Waals surface area (Å²) in [6, 6.07) is 2.85. The van der Waals surface area contributed by atoms with E-state index < -0.39 is 11.9 Å². The van der Waals surface area contributed by atoms with Gasteiger partial charge in [-0.3, -0.25) is 9.78 Å². The number of thiophene rings is 1. The Morgan fingerprint density at radius 2 is 2.21 bits per heavy atom. The zero-order valence-corrected chi connectivity index (χ0v) is 11.0. The number of carbonyl (C=O) groups excluding carboxylic acids is 1. The molecule has 2 aromatic heterocycles. The third-order valence-electron chi connectivity index (χ3n) is 2.65. The monoisotopic (exact) mass is 276 g/mol. The van der Waals surface area contributed by atoms with Gasteiger partial charge in [-0.1, -0.05) is 0 Å². The molecule has 0 spiro atoms. The van der Waals surface area contributed by atoms with Gasteiger partial charge >= 0.3 is 5.97 Å². The number of nitrogens with one attached hydrogen (secondary N) is 1. The minimum atomic E-state index is -1.16. The second-order valence-corrected chi connectivity index (χ2v) is 4.71. The van der Waals surface area contributed by atoms with Crippen molar-refractivity contribution >= 4 is 23.2 Å². The van der Waals surface area contributed by atoms with Gasteiger partial charge in [0.1, 0.15) is 5.69 Å². The quantitative estimate of drug-likeness (QED) is 0.896. The minimum absolute atomic E-state index is 0.0668. The Morgan fingerprint density at radius 1 is 1.42 bits per heavy atom. The predicted molar refractivity (Wildman–Crippen MR) is 71.4 cm³/mol. The number of hydrogen-bond acceptors (Lipinski definition) is 4. The fourth-order valence-electron chi connectivity index (χ4n) is 1.59. The number of aromatic nitrogens is 1. The van der Waals surface area contributed by atoms with E-state index in [0.717, 1.165) is 11.1 Å². The molecule has 0 bridgehead atoms. The minimum Gasteiger partial charge on any atom is -0.478 e. The highest BCUT2D eigenvalue weighted by molar-refractivity contribution is 7.08. The first-order valence-electron chi connectivity index (χ1n) is 5.57. The van der Waals surface area contributed by atoms with E-state index in [2.05, 4.69) is 10.3 Å². The Kier molecular flexibility index (Phi) is 3.91. The molecular formula is C13H12N2O3S. The fourth-order valence-corrected chi connectivity index (χ4v) is 2.44. The van der Waals surface area contributed by atoms with E-state index in [4.69, 9.17) is 5.11 Å². The summed E-state index contributed by atoms with van der Waals surface area (Å²) in [5, 5.41) is 15.6. The van der Waals surface area contributed by atoms with Crippen molar-refractivity contribution in [1.82, 2.24) is 10.3 Å². The van der Waals surface area contributed by atoms with Gasteiger partial charge in [-0.2, -0.15) is 11.3 Å². The lowest BCUT2D eigenvalue weighted by Crippen LogP contribution is -2.26. The summed E-state index contributed by atoms with van der Waals surface area (Å²) in [6.45, 7) is 2.32. The number of aryl methyl sites for hydroxylation is 1. The van der Waals surface area contributed by atoms with Crippen LogP contribution in [0, 0.1) is 6.92 Å². The molecule has 0 saturated heterocycles. The van der Waals surface area contributed by atoms with Crippen molar-refractivity contribution in [2.24, 2.45) is 0 Å². The number of pyridine rings is 1. The summed E-state index contributed by atoms with van der Waals surface area (Å²) < 4.78 is 0. The van der Waals surface area contributed by atoms with Crippen LogP contribution in [0.2, 0.25) is 0 Å². The van der Waals surface area contributed by atoms with Crippen LogP contribution in [0.3, 0.4) is 0 Å². The molecule has 0 unspecified atom stereocenters. The number of nitrogens with zero attached hydrogens (tertiary/aromatic N) is 1. The van der Waals surface area contributed by atoms with Crippen LogP contribution in [-0.2, 0) is 6.54 Å². The van der Waals surface area contributed by atoms with Gasteiger partial charge in [0.05, 0.1) is 5.56 Å². The van der Waals surface area contributed by atoms with Crippen LogP contribution < -0.4 is 5.32 Å². The van der Waals surface area contributed by atoms with Gasteiger partial charge in [-0.05, 0) is 40.9 Å². The summed E-state index contributed by atoms with van der Waals surface area (Å²) in [4.78, 5) is 26.8. The van der Waals surface area contributed by atoms with Gasteiger partial charge < -0.3 is 10.4 Å². The smallest absolute Gasteiger partial charge is 0.338 e. The summed E-state index contributed by atoms with van der Waals surface area (Å²) >= 11 is 1.56. The van der Waals surface area contributed by atoms with Gasteiger partial charge in [0.15, 0.2) is 0 Å². The van der Waals surface area contributed by atoms with Crippen LogP contribution in [0.4, 0.5) is 0 Å². The maximum atomic E-state index is 11.9. The Hall–Kier alpha value is -2.21. The molecule has 0 radical (unpaired) electrons. The number of aromatic carboxylic acids is 1. The second-order valence-electron chi connectivity index (χ2n) is 3.97. The molecule has 6 heteroatoms. The predicted octanol–water partition coefficient (Wildman–Crippen LogP) is 2.08. The summed E-state index contributed by atoms with van der Waals surface area (Å²) in [6.07, 6.45) is 1.40. The van der Waals surface area contributed by atoms with Crippen LogP contribution in [0.15, 0.2) is 29.1 Å². The number of rotatable bonds is 4. The molecule has 0 aliphatic heterocycles. The average Bonchev–Trinajstić information content (AvgIpc) is 2.81. The van der Waals surface area contributed by atoms with Crippen molar-refractivity contribution in [2.75, 3.05) is 0 Å². The van der Waals surface area contributed by atoms with Gasteiger partial charge in [0, 0.05) is 12.7 Å². The Morgan fingerprint density at radius 3 is 2.84 bits per heavy atom. The van der Waals surface area contributed by atoms with Crippen molar-refractivity contribution in [3.05, 3.63) is 51.5 Å². The van der Waals surface area contributed by atoms with Crippen molar-refractivity contribution < 1.29 is 14.7 Å². The van der Waals surface area contributed by atoms with Gasteiger partial charge in [0.25, 0.3) is 5.91 Å². The molecule has 0 aliphatic rings. The first-order valence-corrected chi connectivity index (χ1v) is 6.52. The van der Waals surface area contributed by atoms with Gasteiger partial charge in [0.2, 0.25) is 0 Å². The highest BCUT2D eigenvalue weighted by Crippen LogP contribution is 2.13. The molecular weight excluding hydrogens is 264 g/mol. The maximum absolute atomic E-state index is 11.9. The van der Waals surface area contributed by atoms with Crippen LogP contribution >= 0.6 is 11.3 Å². The van der Waals surface area contributed by atoms with Gasteiger partial charge in [-0.25, -0.2) is 4.79 Å². The summed E-state index contributed by atoms with van der Waals surface area (Å²) in [5.41, 5.74) is 1.96. The first-order chi connectivity index (χ1) is 9.09. The lowest BCUT2D eigenvalue weighted by atomic mass is 10.1. The molecule has 19 heavy (non-hydrogen) atoms. The van der Waals surface area contributed by atoms with E-state index in [-0.39, 0.29) is 11.3 Å². The molecule has 0 fully saturated rings. The standard InChI is InChI=1S/C13H12N2O3S/c1-8-6-19-7-9(8)5-15-12(16)11-10(13(17)18)3-2-4-14-11/h2-4,6-7H,5H2,1H3,(H,15,16)(H,17,18). The van der Waals surface area contributed by atoms with Crippen LogP contribution in [-0.4, -0.2) is 22.0 Å². The van der Waals surface area contributed by atoms with E-state index >= 15 is 0 Å². The van der Waals surface area contributed by atoms with Crippen LogP contribution in [0.5, 0.6) is 0 Å². The Bertz CT molecular complexity index is 622. The molecule has 0 aliphatic carbocycles. The maximum Gasteiger partial charge on any atom is 0.338 e. The third-order valence-corrected chi connectivity index (χ3v) is 3.56. The number of carbonyl (C=O) groups is 2. The number of carboxylic acids is 1. The SMILES string of the molecule is Cc1cscc1CNC(=O)c1ncccc1C(=O)O. The van der Waals surface area contributed by atoms with E-state index in [9.17, 15) is 9.59 Å². The molecule has 2 heterocycles. The van der Waals surface area contributed by atoms with E-state index in [1.807, 2.05) is 17.7 Å². The van der Waals surface area contributed by atoms with E-state index in [1.165, 1.54) is 18.3 Å². The molecule has 2 aromatic rings. The zero-order valence-electron chi connectivity index (χ0n) is 10.2. The molecule has 98 valence electrons. The highest BCUT2D eigenvalue weighted by atomic mass is 32.1. The second kappa shape index (κ2) is 5.62. The van der Waals surface area contributed by atoms with Crippen molar-refractivity contribution in [3.8, 4) is 0 Å². The van der Waals surface area contributed by atoms with Gasteiger partial charge in [-0.15, -0.1) is 0 Å². The Labute approximate surface area is 113 Å². The first kappa shape index (κ1) is 13.2. The van der Waals surface area contributed by atoms with Crippen LogP contribution in [0.1, 0.15) is 32.0 Å². The molecule has 1 amide bonds. The highest BCUT2D eigenvalue weighted by Gasteiger charge is 2.17. The zero-order chi connectivity index (χ0) is 13.8. The average molecular weight is 276 g/mol. The molecule has 0 aromatic carbocycles. The number of amides is 1. The van der Waals surface area contributed by atoms with Crippen molar-refractivity contribution in [2.45, 2.75) is 13.5 Å². The van der Waals surface area contributed by atoms with E-state index in [1.54, 1.807) is 11.3 Å². The molecule has 2 rings (SSSR count). The summed E-state index contributed by atoms with van der Waals surface area (Å²) in [5.74, 6) is -1.64. The molecule has 2 N–H and O–H groups in total. The Balaban J connectivity index is 2.13. The fraction of sp³-hybridized carbons (Fsp3) is 0.154. The van der Waals surface area contributed by atoms with Crippen LogP contribution in [0.25, 0.3) is 0 Å². The topological polar surface area (TPSA) is 79.3 Å². The number of carboxylic acid groups (broad SMARTS) is 1. The molecule has 0 saturated carbocycles. The third kappa shape index (κ3) is 2.97. The van der Waals surface area contributed by atoms with Crippen molar-refractivity contribution in [3.63, 3.8) is 0 Å². The van der Waals surface area contributed by atoms with E-state index in [0.29, 0.717) is 6.54 Å². The molecule has 0 atom stereocenters. The normalized spacial score (nSPS) is 10.2. The van der Waals surface area contributed by atoms with Crippen molar-refractivity contribution in [1.29, 1.82) is 0 Å².